The normalized spacial score (nSPS) is 8.10. The van der Waals surface area contributed by atoms with Crippen LogP contribution in [0.4, 0.5) is 11.4 Å². The average molecular weight is 230 g/mol. The van der Waals surface area contributed by atoms with Gasteiger partial charge in [-0.3, -0.25) is 0 Å². The summed E-state index contributed by atoms with van der Waals surface area (Å²) in [6.07, 6.45) is 0. The van der Waals surface area contributed by atoms with E-state index in [1.807, 2.05) is 31.3 Å². The van der Waals surface area contributed by atoms with Crippen molar-refractivity contribution in [2.24, 2.45) is 0 Å². The molecule has 0 aliphatic heterocycles. The van der Waals surface area contributed by atoms with Gasteiger partial charge in [-0.2, -0.15) is 0 Å². The van der Waals surface area contributed by atoms with Crippen LogP contribution in [0.5, 0.6) is 0 Å². The van der Waals surface area contributed by atoms with Crippen LogP contribution < -0.4 is 11.1 Å². The minimum Gasteiger partial charge on any atom is -0.397 e. The molecule has 59 valence electrons. The zero-order valence-corrected chi connectivity index (χ0v) is 7.17. The maximum Gasteiger partial charge on any atom is 0.0571 e. The van der Waals surface area contributed by atoms with Gasteiger partial charge < -0.3 is 11.1 Å². The number of para-hydroxylation sites is 2. The molecule has 0 unspecified atom stereocenters. The summed E-state index contributed by atoms with van der Waals surface area (Å²) in [4.78, 5) is 0. The number of nitrogens with two attached hydrogens (primary N) is 1. The maximum atomic E-state index is 5.57. The van der Waals surface area contributed by atoms with E-state index in [4.69, 9.17) is 5.73 Å². The third-order valence-electron chi connectivity index (χ3n) is 1.23. The van der Waals surface area contributed by atoms with Crippen LogP contribution in [0.1, 0.15) is 0 Å². The summed E-state index contributed by atoms with van der Waals surface area (Å²) < 4.78 is 0. The quantitative estimate of drug-likeness (QED) is 0.563. The largest absolute Gasteiger partial charge is 0.397 e. The minimum atomic E-state index is 0. The fraction of sp³-hybridized carbons (Fsp3) is 0.143. The summed E-state index contributed by atoms with van der Waals surface area (Å²) in [7, 11) is 1.85. The molecule has 0 aliphatic rings. The van der Waals surface area contributed by atoms with Crippen LogP contribution in [0.3, 0.4) is 0 Å². The molecule has 0 spiro atoms. The predicted octanol–water partition coefficient (Wildman–Crippen LogP) is 1.31. The van der Waals surface area contributed by atoms with Crippen LogP contribution >= 0.6 is 0 Å². The summed E-state index contributed by atoms with van der Waals surface area (Å²) in [5, 5.41) is 2.97. The first-order valence-corrected chi connectivity index (χ1v) is 2.87. The molecular formula is C7H10AgN2. The summed E-state index contributed by atoms with van der Waals surface area (Å²) in [6.45, 7) is 0. The summed E-state index contributed by atoms with van der Waals surface area (Å²) >= 11 is 0. The number of anilines is 2. The summed E-state index contributed by atoms with van der Waals surface area (Å²) in [6, 6.07) is 7.67. The van der Waals surface area contributed by atoms with E-state index in [1.54, 1.807) is 0 Å². The molecule has 1 aromatic rings. The number of hydrogen-bond acceptors (Lipinski definition) is 2. The van der Waals surface area contributed by atoms with Crippen LogP contribution in [0.25, 0.3) is 0 Å². The van der Waals surface area contributed by atoms with Gasteiger partial charge in [0.05, 0.1) is 11.4 Å². The molecule has 0 saturated carbocycles. The van der Waals surface area contributed by atoms with Gasteiger partial charge in [-0.05, 0) is 12.1 Å². The van der Waals surface area contributed by atoms with Crippen molar-refractivity contribution in [2.75, 3.05) is 18.1 Å². The van der Waals surface area contributed by atoms with Gasteiger partial charge in [0.25, 0.3) is 0 Å². The van der Waals surface area contributed by atoms with Gasteiger partial charge >= 0.3 is 0 Å². The van der Waals surface area contributed by atoms with Crippen molar-refractivity contribution in [3.8, 4) is 0 Å². The van der Waals surface area contributed by atoms with E-state index < -0.39 is 0 Å². The molecule has 1 radical (unpaired) electrons. The molecule has 3 N–H and O–H groups in total. The Hall–Kier alpha value is -0.440. The Morgan fingerprint density at radius 2 is 1.90 bits per heavy atom. The van der Waals surface area contributed by atoms with Gasteiger partial charge in [-0.25, -0.2) is 0 Å². The number of nitrogens with one attached hydrogen (secondary N) is 1. The van der Waals surface area contributed by atoms with Crippen molar-refractivity contribution in [3.63, 3.8) is 0 Å². The standard InChI is InChI=1S/C7H10N2.Ag/c1-9-7-5-3-2-4-6(7)8;/h2-5,9H,8H2,1H3;. The van der Waals surface area contributed by atoms with E-state index in [1.165, 1.54) is 0 Å². The zero-order chi connectivity index (χ0) is 6.69. The molecule has 0 amide bonds. The number of nitrogen functional groups attached to an aromatic ring is 1. The minimum absolute atomic E-state index is 0. The molecule has 3 heteroatoms. The fourth-order valence-electron chi connectivity index (χ4n) is 0.725. The van der Waals surface area contributed by atoms with Gasteiger partial charge in [0.15, 0.2) is 0 Å². The molecule has 0 aliphatic carbocycles. The van der Waals surface area contributed by atoms with E-state index in [0.717, 1.165) is 11.4 Å². The van der Waals surface area contributed by atoms with Gasteiger partial charge in [0, 0.05) is 29.4 Å². The topological polar surface area (TPSA) is 38.0 Å². The molecule has 1 aromatic carbocycles. The second-order valence-corrected chi connectivity index (χ2v) is 1.84. The Bertz CT molecular complexity index is 201. The molecule has 0 saturated heterocycles. The van der Waals surface area contributed by atoms with E-state index in [0.29, 0.717) is 0 Å². The monoisotopic (exact) mass is 229 g/mol. The average Bonchev–Trinajstić information content (AvgIpc) is 1.89. The van der Waals surface area contributed by atoms with Crippen molar-refractivity contribution in [1.29, 1.82) is 0 Å². The van der Waals surface area contributed by atoms with Crippen LogP contribution in [0, 0.1) is 0 Å². The second kappa shape index (κ2) is 4.39. The Morgan fingerprint density at radius 3 is 2.30 bits per heavy atom. The molecule has 1 rings (SSSR count). The molecule has 0 heterocycles. The van der Waals surface area contributed by atoms with Crippen molar-refractivity contribution in [1.82, 2.24) is 0 Å². The molecule has 0 bridgehead atoms. The molecule has 0 fully saturated rings. The summed E-state index contributed by atoms with van der Waals surface area (Å²) in [5.74, 6) is 0. The van der Waals surface area contributed by atoms with Crippen molar-refractivity contribution in [3.05, 3.63) is 24.3 Å². The number of rotatable bonds is 1. The first-order valence-electron chi connectivity index (χ1n) is 2.87. The Morgan fingerprint density at radius 1 is 1.30 bits per heavy atom. The van der Waals surface area contributed by atoms with E-state index >= 15 is 0 Å². The third kappa shape index (κ3) is 2.06. The summed E-state index contributed by atoms with van der Waals surface area (Å²) in [5.41, 5.74) is 7.34. The molecule has 0 aromatic heterocycles. The van der Waals surface area contributed by atoms with Gasteiger partial charge in [0.2, 0.25) is 0 Å². The van der Waals surface area contributed by atoms with Crippen molar-refractivity contribution >= 4 is 11.4 Å². The first-order chi connectivity index (χ1) is 4.34. The molecule has 10 heavy (non-hydrogen) atoms. The number of benzene rings is 1. The Balaban J connectivity index is 0.000000810. The van der Waals surface area contributed by atoms with Gasteiger partial charge in [0.1, 0.15) is 0 Å². The predicted molar refractivity (Wildman–Crippen MR) is 40.4 cm³/mol. The van der Waals surface area contributed by atoms with E-state index in [2.05, 4.69) is 5.32 Å². The zero-order valence-electron chi connectivity index (χ0n) is 5.69. The first kappa shape index (κ1) is 9.56. The second-order valence-electron chi connectivity index (χ2n) is 1.84. The molecule has 0 atom stereocenters. The van der Waals surface area contributed by atoms with Crippen LogP contribution in [0.15, 0.2) is 24.3 Å². The van der Waals surface area contributed by atoms with E-state index in [-0.39, 0.29) is 22.4 Å². The SMILES string of the molecule is CNc1ccccc1N.[Ag]. The van der Waals surface area contributed by atoms with Crippen LogP contribution in [0.2, 0.25) is 0 Å². The fourth-order valence-corrected chi connectivity index (χ4v) is 0.725. The molecule has 2 nitrogen and oxygen atoms in total. The van der Waals surface area contributed by atoms with Crippen molar-refractivity contribution in [2.45, 2.75) is 0 Å². The maximum absolute atomic E-state index is 5.57. The van der Waals surface area contributed by atoms with Gasteiger partial charge in [-0.1, -0.05) is 12.1 Å². The Labute approximate surface area is 76.3 Å². The smallest absolute Gasteiger partial charge is 0.0571 e. The van der Waals surface area contributed by atoms with Gasteiger partial charge in [-0.15, -0.1) is 0 Å². The van der Waals surface area contributed by atoms with Crippen molar-refractivity contribution < 1.29 is 22.4 Å². The number of hydrogen-bond donors (Lipinski definition) is 2. The third-order valence-corrected chi connectivity index (χ3v) is 1.23. The van der Waals surface area contributed by atoms with E-state index in [9.17, 15) is 0 Å². The van der Waals surface area contributed by atoms with Crippen LogP contribution in [-0.2, 0) is 22.4 Å². The Kier molecular flexibility index (Phi) is 4.19. The van der Waals surface area contributed by atoms with Crippen LogP contribution in [-0.4, -0.2) is 7.05 Å². The molecular weight excluding hydrogens is 220 g/mol.